The highest BCUT2D eigenvalue weighted by Crippen LogP contribution is 2.21. The SMILES string of the molecule is COc1ccc(C(=O)Nc2cccc(-c3nc(C)no3)c2)cc1. The predicted molar refractivity (Wildman–Crippen MR) is 85.4 cm³/mol. The maximum absolute atomic E-state index is 12.3. The molecule has 0 fully saturated rings. The van der Waals surface area contributed by atoms with Crippen LogP contribution in [0, 0.1) is 6.92 Å². The van der Waals surface area contributed by atoms with Gasteiger partial charge in [-0.15, -0.1) is 0 Å². The zero-order valence-corrected chi connectivity index (χ0v) is 12.7. The first-order chi connectivity index (χ1) is 11.2. The van der Waals surface area contributed by atoms with Crippen molar-refractivity contribution in [2.75, 3.05) is 12.4 Å². The molecule has 0 radical (unpaired) electrons. The molecule has 1 heterocycles. The Hall–Kier alpha value is -3.15. The van der Waals surface area contributed by atoms with Gasteiger partial charge in [0, 0.05) is 16.8 Å². The maximum atomic E-state index is 12.3. The Bertz CT molecular complexity index is 825. The number of hydrogen-bond acceptors (Lipinski definition) is 5. The number of ether oxygens (including phenoxy) is 1. The highest BCUT2D eigenvalue weighted by atomic mass is 16.5. The number of hydrogen-bond donors (Lipinski definition) is 1. The fourth-order valence-corrected chi connectivity index (χ4v) is 2.09. The Kier molecular flexibility index (Phi) is 4.05. The Morgan fingerprint density at radius 3 is 2.61 bits per heavy atom. The van der Waals surface area contributed by atoms with Gasteiger partial charge in [0.05, 0.1) is 7.11 Å². The van der Waals surface area contributed by atoms with Crippen molar-refractivity contribution in [3.63, 3.8) is 0 Å². The van der Waals surface area contributed by atoms with Gasteiger partial charge in [0.25, 0.3) is 11.8 Å². The highest BCUT2D eigenvalue weighted by molar-refractivity contribution is 6.04. The quantitative estimate of drug-likeness (QED) is 0.800. The van der Waals surface area contributed by atoms with Crippen molar-refractivity contribution in [3.05, 3.63) is 59.9 Å². The van der Waals surface area contributed by atoms with Gasteiger partial charge in [-0.05, 0) is 49.4 Å². The van der Waals surface area contributed by atoms with Crippen LogP contribution in [-0.2, 0) is 0 Å². The van der Waals surface area contributed by atoms with Crippen LogP contribution in [0.4, 0.5) is 5.69 Å². The van der Waals surface area contributed by atoms with Gasteiger partial charge in [0.1, 0.15) is 5.75 Å². The topological polar surface area (TPSA) is 77.2 Å². The van der Waals surface area contributed by atoms with Crippen LogP contribution in [-0.4, -0.2) is 23.2 Å². The van der Waals surface area contributed by atoms with Gasteiger partial charge in [-0.1, -0.05) is 11.2 Å². The van der Waals surface area contributed by atoms with Crippen molar-refractivity contribution in [1.82, 2.24) is 10.1 Å². The average Bonchev–Trinajstić information content (AvgIpc) is 3.02. The number of methoxy groups -OCH3 is 1. The fraction of sp³-hybridized carbons (Fsp3) is 0.118. The highest BCUT2D eigenvalue weighted by Gasteiger charge is 2.09. The monoisotopic (exact) mass is 309 g/mol. The van der Waals surface area contributed by atoms with Crippen molar-refractivity contribution in [2.24, 2.45) is 0 Å². The smallest absolute Gasteiger partial charge is 0.257 e. The van der Waals surface area contributed by atoms with Gasteiger partial charge in [-0.2, -0.15) is 4.98 Å². The summed E-state index contributed by atoms with van der Waals surface area (Å²) in [7, 11) is 1.58. The van der Waals surface area contributed by atoms with E-state index in [-0.39, 0.29) is 5.91 Å². The molecule has 0 bridgehead atoms. The van der Waals surface area contributed by atoms with Crippen LogP contribution in [0.25, 0.3) is 11.5 Å². The number of aryl methyl sites for hydroxylation is 1. The van der Waals surface area contributed by atoms with E-state index in [0.717, 1.165) is 5.56 Å². The summed E-state index contributed by atoms with van der Waals surface area (Å²) in [5.74, 6) is 1.48. The summed E-state index contributed by atoms with van der Waals surface area (Å²) in [5.41, 5.74) is 1.95. The predicted octanol–water partition coefficient (Wildman–Crippen LogP) is 3.31. The number of nitrogens with zero attached hydrogens (tertiary/aromatic N) is 2. The number of anilines is 1. The molecule has 0 unspecified atom stereocenters. The zero-order valence-electron chi connectivity index (χ0n) is 12.7. The number of carbonyl (C=O) groups is 1. The molecular weight excluding hydrogens is 294 g/mol. The van der Waals surface area contributed by atoms with E-state index in [1.54, 1.807) is 50.4 Å². The van der Waals surface area contributed by atoms with Crippen molar-refractivity contribution >= 4 is 11.6 Å². The maximum Gasteiger partial charge on any atom is 0.257 e. The molecule has 0 atom stereocenters. The Morgan fingerprint density at radius 1 is 1.17 bits per heavy atom. The van der Waals surface area contributed by atoms with Gasteiger partial charge in [-0.25, -0.2) is 0 Å². The first-order valence-electron chi connectivity index (χ1n) is 7.02. The van der Waals surface area contributed by atoms with Crippen LogP contribution >= 0.6 is 0 Å². The summed E-state index contributed by atoms with van der Waals surface area (Å²) in [4.78, 5) is 16.4. The van der Waals surface area contributed by atoms with Crippen molar-refractivity contribution in [2.45, 2.75) is 6.92 Å². The first-order valence-corrected chi connectivity index (χ1v) is 7.02. The van der Waals surface area contributed by atoms with Crippen LogP contribution in [0.1, 0.15) is 16.2 Å². The largest absolute Gasteiger partial charge is 0.497 e. The second kappa shape index (κ2) is 6.31. The molecule has 6 heteroatoms. The molecule has 1 N–H and O–H groups in total. The van der Waals surface area contributed by atoms with Crippen molar-refractivity contribution in [1.29, 1.82) is 0 Å². The summed E-state index contributed by atoms with van der Waals surface area (Å²) in [6.07, 6.45) is 0. The van der Waals surface area contributed by atoms with Crippen LogP contribution in [0.5, 0.6) is 5.75 Å². The molecule has 1 aromatic heterocycles. The molecule has 0 aliphatic carbocycles. The van der Waals surface area contributed by atoms with Crippen LogP contribution < -0.4 is 10.1 Å². The third kappa shape index (κ3) is 3.37. The first kappa shape index (κ1) is 14.8. The van der Waals surface area contributed by atoms with E-state index in [9.17, 15) is 4.79 Å². The summed E-state index contributed by atoms with van der Waals surface area (Å²) >= 11 is 0. The molecule has 0 spiro atoms. The second-order valence-corrected chi connectivity index (χ2v) is 4.91. The molecule has 3 aromatic rings. The van der Waals surface area contributed by atoms with E-state index in [1.807, 2.05) is 12.1 Å². The molecule has 0 aliphatic rings. The summed E-state index contributed by atoms with van der Waals surface area (Å²) < 4.78 is 10.2. The van der Waals surface area contributed by atoms with E-state index in [2.05, 4.69) is 15.5 Å². The normalized spacial score (nSPS) is 10.3. The lowest BCUT2D eigenvalue weighted by Gasteiger charge is -2.07. The molecule has 116 valence electrons. The third-order valence-electron chi connectivity index (χ3n) is 3.25. The van der Waals surface area contributed by atoms with E-state index in [1.165, 1.54) is 0 Å². The molecular formula is C17H15N3O3. The summed E-state index contributed by atoms with van der Waals surface area (Å²) in [5, 5.41) is 6.61. The number of carbonyl (C=O) groups excluding carboxylic acids is 1. The molecule has 3 rings (SSSR count). The Balaban J connectivity index is 1.78. The van der Waals surface area contributed by atoms with Gasteiger partial charge >= 0.3 is 0 Å². The molecule has 0 saturated heterocycles. The number of benzene rings is 2. The lowest BCUT2D eigenvalue weighted by Crippen LogP contribution is -2.11. The van der Waals surface area contributed by atoms with Gasteiger partial charge in [0.2, 0.25) is 0 Å². The van der Waals surface area contributed by atoms with Crippen LogP contribution in [0.2, 0.25) is 0 Å². The third-order valence-corrected chi connectivity index (χ3v) is 3.25. The minimum absolute atomic E-state index is 0.202. The van der Waals surface area contributed by atoms with Crippen LogP contribution in [0.3, 0.4) is 0 Å². The van der Waals surface area contributed by atoms with Gasteiger partial charge in [-0.3, -0.25) is 4.79 Å². The van der Waals surface area contributed by atoms with Crippen molar-refractivity contribution < 1.29 is 14.1 Å². The average molecular weight is 309 g/mol. The molecule has 1 amide bonds. The summed E-state index contributed by atoms with van der Waals surface area (Å²) in [6, 6.07) is 14.1. The molecule has 2 aromatic carbocycles. The number of aromatic nitrogens is 2. The Labute approximate surface area is 133 Å². The van der Waals surface area contributed by atoms with Crippen LogP contribution in [0.15, 0.2) is 53.1 Å². The van der Waals surface area contributed by atoms with E-state index in [0.29, 0.717) is 28.7 Å². The van der Waals surface area contributed by atoms with Gasteiger partial charge < -0.3 is 14.6 Å². The summed E-state index contributed by atoms with van der Waals surface area (Å²) in [6.45, 7) is 1.75. The van der Waals surface area contributed by atoms with Crippen molar-refractivity contribution in [3.8, 4) is 17.2 Å². The minimum atomic E-state index is -0.202. The minimum Gasteiger partial charge on any atom is -0.497 e. The fourth-order valence-electron chi connectivity index (χ4n) is 2.09. The molecule has 23 heavy (non-hydrogen) atoms. The van der Waals surface area contributed by atoms with E-state index >= 15 is 0 Å². The second-order valence-electron chi connectivity index (χ2n) is 4.91. The van der Waals surface area contributed by atoms with E-state index < -0.39 is 0 Å². The standard InChI is InChI=1S/C17H15N3O3/c1-11-18-17(23-20-11)13-4-3-5-14(10-13)19-16(21)12-6-8-15(22-2)9-7-12/h3-10H,1-2H3,(H,19,21). The zero-order chi connectivity index (χ0) is 16.2. The lowest BCUT2D eigenvalue weighted by molar-refractivity contribution is 0.102. The lowest BCUT2D eigenvalue weighted by atomic mass is 10.1. The van der Waals surface area contributed by atoms with Gasteiger partial charge in [0.15, 0.2) is 5.82 Å². The van der Waals surface area contributed by atoms with E-state index in [4.69, 9.17) is 9.26 Å². The molecule has 0 aliphatic heterocycles. The number of nitrogens with one attached hydrogen (secondary N) is 1. The number of rotatable bonds is 4. The molecule has 6 nitrogen and oxygen atoms in total. The number of amides is 1. The Morgan fingerprint density at radius 2 is 1.96 bits per heavy atom. The molecule has 0 saturated carbocycles.